The third-order valence-corrected chi connectivity index (χ3v) is 3.62. The minimum absolute atomic E-state index is 0.0971. The maximum Gasteiger partial charge on any atom is 0.257 e. The Morgan fingerprint density at radius 1 is 1.55 bits per heavy atom. The first-order valence-electron chi connectivity index (χ1n) is 6.87. The Hall–Kier alpha value is -1.86. The van der Waals surface area contributed by atoms with Gasteiger partial charge in [-0.1, -0.05) is 18.8 Å². The first-order valence-corrected chi connectivity index (χ1v) is 6.87. The molecule has 1 saturated heterocycles. The van der Waals surface area contributed by atoms with E-state index in [-0.39, 0.29) is 24.1 Å². The van der Waals surface area contributed by atoms with Crippen molar-refractivity contribution in [1.29, 1.82) is 0 Å². The molecule has 1 aromatic rings. The summed E-state index contributed by atoms with van der Waals surface area (Å²) in [6, 6.07) is 4.54. The Kier molecular flexibility index (Phi) is 4.75. The summed E-state index contributed by atoms with van der Waals surface area (Å²) in [4.78, 5) is 14.1. The number of nitrogens with zero attached hydrogens (tertiary/aromatic N) is 1. The van der Waals surface area contributed by atoms with Crippen LogP contribution < -0.4 is 0 Å². The molecule has 2 rings (SSSR count). The number of likely N-dealkylation sites (tertiary alicyclic amines) is 1. The lowest BCUT2D eigenvalue weighted by molar-refractivity contribution is 0.0729. The molecule has 1 N–H and O–H groups in total. The molecule has 1 heterocycles. The number of hydrogen-bond acceptors (Lipinski definition) is 2. The fraction of sp³-hybridized carbons (Fsp3) is 0.438. The van der Waals surface area contributed by atoms with Crippen LogP contribution in [0.5, 0.6) is 0 Å². The number of amides is 1. The van der Waals surface area contributed by atoms with Crippen LogP contribution in [0.1, 0.15) is 42.1 Å². The van der Waals surface area contributed by atoms with Crippen LogP contribution >= 0.6 is 0 Å². The highest BCUT2D eigenvalue weighted by Gasteiger charge is 2.29. The molecule has 4 heteroatoms. The Balaban J connectivity index is 2.22. The molecule has 1 aliphatic heterocycles. The predicted molar refractivity (Wildman–Crippen MR) is 74.7 cm³/mol. The van der Waals surface area contributed by atoms with Crippen LogP contribution in [0.25, 0.3) is 0 Å². The SMILES string of the molecule is CCC1CCCN1C(=O)c1ccc(C#CCO)cc1F. The van der Waals surface area contributed by atoms with E-state index in [0.29, 0.717) is 12.1 Å². The van der Waals surface area contributed by atoms with Crippen LogP contribution in [-0.4, -0.2) is 35.1 Å². The standard InChI is InChI=1S/C16H18FNO2/c1-2-13-6-3-9-18(13)16(20)14-8-7-12(5-4-10-19)11-15(14)17/h7-8,11,13,19H,2-3,6,9-10H2,1H3. The number of carbonyl (C=O) groups is 1. The molecule has 1 unspecified atom stereocenters. The lowest BCUT2D eigenvalue weighted by atomic mass is 10.1. The molecule has 20 heavy (non-hydrogen) atoms. The highest BCUT2D eigenvalue weighted by atomic mass is 19.1. The summed E-state index contributed by atoms with van der Waals surface area (Å²) < 4.78 is 14.0. The monoisotopic (exact) mass is 275 g/mol. The molecule has 0 spiro atoms. The number of aliphatic hydroxyl groups excluding tert-OH is 1. The predicted octanol–water partition coefficient (Wildman–Crippen LogP) is 2.18. The maximum atomic E-state index is 14.0. The van der Waals surface area contributed by atoms with Crippen molar-refractivity contribution < 1.29 is 14.3 Å². The van der Waals surface area contributed by atoms with E-state index in [4.69, 9.17) is 5.11 Å². The summed E-state index contributed by atoms with van der Waals surface area (Å²) in [5.41, 5.74) is 0.557. The first kappa shape index (κ1) is 14.5. The molecule has 1 aliphatic rings. The number of aliphatic hydroxyl groups is 1. The highest BCUT2D eigenvalue weighted by Crippen LogP contribution is 2.23. The highest BCUT2D eigenvalue weighted by molar-refractivity contribution is 5.95. The smallest absolute Gasteiger partial charge is 0.257 e. The summed E-state index contributed by atoms with van der Waals surface area (Å²) in [7, 11) is 0. The molecule has 1 fully saturated rings. The van der Waals surface area contributed by atoms with Gasteiger partial charge in [0.1, 0.15) is 12.4 Å². The van der Waals surface area contributed by atoms with E-state index >= 15 is 0 Å². The van der Waals surface area contributed by atoms with Crippen LogP contribution in [0.4, 0.5) is 4.39 Å². The van der Waals surface area contributed by atoms with Gasteiger partial charge in [0, 0.05) is 18.2 Å². The number of halogens is 1. The van der Waals surface area contributed by atoms with Crippen LogP contribution in [0, 0.1) is 17.7 Å². The minimum Gasteiger partial charge on any atom is -0.384 e. The van der Waals surface area contributed by atoms with Gasteiger partial charge in [-0.15, -0.1) is 0 Å². The Morgan fingerprint density at radius 3 is 3.00 bits per heavy atom. The molecule has 1 amide bonds. The second-order valence-corrected chi connectivity index (χ2v) is 4.86. The van der Waals surface area contributed by atoms with E-state index in [1.54, 1.807) is 11.0 Å². The van der Waals surface area contributed by atoms with E-state index in [1.807, 2.05) is 6.92 Å². The van der Waals surface area contributed by atoms with Crippen molar-refractivity contribution in [3.8, 4) is 11.8 Å². The minimum atomic E-state index is -0.554. The molecule has 0 aromatic heterocycles. The van der Waals surface area contributed by atoms with Gasteiger partial charge in [-0.25, -0.2) is 4.39 Å². The van der Waals surface area contributed by atoms with Gasteiger partial charge in [-0.05, 0) is 37.5 Å². The quantitative estimate of drug-likeness (QED) is 0.840. The van der Waals surface area contributed by atoms with E-state index in [2.05, 4.69) is 11.8 Å². The zero-order valence-corrected chi connectivity index (χ0v) is 11.5. The van der Waals surface area contributed by atoms with Gasteiger partial charge in [-0.2, -0.15) is 0 Å². The lowest BCUT2D eigenvalue weighted by Gasteiger charge is -2.23. The topological polar surface area (TPSA) is 40.5 Å². The van der Waals surface area contributed by atoms with Crippen molar-refractivity contribution in [2.24, 2.45) is 0 Å². The summed E-state index contributed by atoms with van der Waals surface area (Å²) in [5.74, 6) is 4.28. The maximum absolute atomic E-state index is 14.0. The van der Waals surface area contributed by atoms with Crippen LogP contribution in [0.3, 0.4) is 0 Å². The second-order valence-electron chi connectivity index (χ2n) is 4.86. The lowest BCUT2D eigenvalue weighted by Crippen LogP contribution is -2.35. The summed E-state index contributed by atoms with van der Waals surface area (Å²) in [6.07, 6.45) is 2.86. The average Bonchev–Trinajstić information content (AvgIpc) is 2.93. The fourth-order valence-corrected chi connectivity index (χ4v) is 2.59. The third kappa shape index (κ3) is 3.00. The summed E-state index contributed by atoms with van der Waals surface area (Å²) in [5, 5.41) is 8.61. The summed E-state index contributed by atoms with van der Waals surface area (Å²) >= 11 is 0. The molecule has 3 nitrogen and oxygen atoms in total. The van der Waals surface area contributed by atoms with Gasteiger partial charge in [0.25, 0.3) is 5.91 Å². The zero-order chi connectivity index (χ0) is 14.5. The molecular formula is C16H18FNO2. The second kappa shape index (κ2) is 6.53. The van der Waals surface area contributed by atoms with E-state index < -0.39 is 5.82 Å². The van der Waals surface area contributed by atoms with Crippen LogP contribution in [0.15, 0.2) is 18.2 Å². The molecule has 0 radical (unpaired) electrons. The van der Waals surface area contributed by atoms with E-state index in [9.17, 15) is 9.18 Å². The molecular weight excluding hydrogens is 257 g/mol. The average molecular weight is 275 g/mol. The van der Waals surface area contributed by atoms with Crippen molar-refractivity contribution >= 4 is 5.91 Å². The molecule has 0 aliphatic carbocycles. The molecule has 0 saturated carbocycles. The van der Waals surface area contributed by atoms with E-state index in [1.165, 1.54) is 12.1 Å². The molecule has 1 atom stereocenters. The first-order chi connectivity index (χ1) is 9.67. The van der Waals surface area contributed by atoms with Crippen LogP contribution in [0.2, 0.25) is 0 Å². The van der Waals surface area contributed by atoms with Crippen molar-refractivity contribution in [2.45, 2.75) is 32.2 Å². The van der Waals surface area contributed by atoms with Crippen molar-refractivity contribution in [3.63, 3.8) is 0 Å². The number of carbonyl (C=O) groups excluding carboxylic acids is 1. The molecule has 1 aromatic carbocycles. The summed E-state index contributed by atoms with van der Waals surface area (Å²) in [6.45, 7) is 2.47. The number of benzene rings is 1. The number of hydrogen-bond donors (Lipinski definition) is 1. The Labute approximate surface area is 118 Å². The third-order valence-electron chi connectivity index (χ3n) is 3.62. The van der Waals surface area contributed by atoms with Gasteiger partial charge in [0.2, 0.25) is 0 Å². The van der Waals surface area contributed by atoms with Gasteiger partial charge in [0.05, 0.1) is 5.56 Å². The Morgan fingerprint density at radius 2 is 2.35 bits per heavy atom. The van der Waals surface area contributed by atoms with Gasteiger partial charge in [0.15, 0.2) is 0 Å². The van der Waals surface area contributed by atoms with Crippen LogP contribution in [-0.2, 0) is 0 Å². The normalized spacial score (nSPS) is 17.8. The van der Waals surface area contributed by atoms with Gasteiger partial charge >= 0.3 is 0 Å². The van der Waals surface area contributed by atoms with Gasteiger partial charge < -0.3 is 10.0 Å². The van der Waals surface area contributed by atoms with Gasteiger partial charge in [-0.3, -0.25) is 4.79 Å². The van der Waals surface area contributed by atoms with Crippen molar-refractivity contribution in [1.82, 2.24) is 4.90 Å². The zero-order valence-electron chi connectivity index (χ0n) is 11.5. The molecule has 0 bridgehead atoms. The van der Waals surface area contributed by atoms with E-state index in [0.717, 1.165) is 19.3 Å². The van der Waals surface area contributed by atoms with Crippen molar-refractivity contribution in [3.05, 3.63) is 35.1 Å². The Bertz CT molecular complexity index is 559. The van der Waals surface area contributed by atoms with Crippen molar-refractivity contribution in [2.75, 3.05) is 13.2 Å². The largest absolute Gasteiger partial charge is 0.384 e. The molecule has 106 valence electrons. The fourth-order valence-electron chi connectivity index (χ4n) is 2.59. The number of rotatable bonds is 2.